The summed E-state index contributed by atoms with van der Waals surface area (Å²) >= 11 is 0. The first-order chi connectivity index (χ1) is 8.56. The van der Waals surface area contributed by atoms with Gasteiger partial charge in [-0.25, -0.2) is 4.79 Å². The fraction of sp³-hybridized carbons (Fsp3) is 0.273. The van der Waals surface area contributed by atoms with Crippen LogP contribution in [0.3, 0.4) is 0 Å². The van der Waals surface area contributed by atoms with Crippen molar-refractivity contribution in [1.82, 2.24) is 15.6 Å². The average Bonchev–Trinajstić information content (AvgIpc) is 2.75. The molecule has 0 radical (unpaired) electrons. The van der Waals surface area contributed by atoms with Crippen molar-refractivity contribution in [2.75, 3.05) is 6.54 Å². The highest BCUT2D eigenvalue weighted by atomic mass is 16.4. The Balaban J connectivity index is 2.00. The van der Waals surface area contributed by atoms with E-state index in [9.17, 15) is 14.4 Å². The number of carboxylic acids is 1. The Morgan fingerprint density at radius 2 is 2.22 bits per heavy atom. The third kappa shape index (κ3) is 2.62. The highest BCUT2D eigenvalue weighted by Gasteiger charge is 2.23. The number of aromatic carboxylic acids is 1. The first-order valence-corrected chi connectivity index (χ1v) is 5.33. The van der Waals surface area contributed by atoms with Crippen molar-refractivity contribution in [3.63, 3.8) is 0 Å². The summed E-state index contributed by atoms with van der Waals surface area (Å²) in [5.41, 5.74) is 0.142. The number of carbonyl (C=O) groups is 3. The molecule has 2 heterocycles. The molecule has 0 saturated carbocycles. The highest BCUT2D eigenvalue weighted by molar-refractivity contribution is 5.94. The van der Waals surface area contributed by atoms with E-state index in [-0.39, 0.29) is 29.6 Å². The van der Waals surface area contributed by atoms with Gasteiger partial charge in [0.2, 0.25) is 5.91 Å². The molecule has 1 aliphatic heterocycles. The van der Waals surface area contributed by atoms with E-state index >= 15 is 0 Å². The lowest BCUT2D eigenvalue weighted by Crippen LogP contribution is -2.36. The van der Waals surface area contributed by atoms with E-state index in [0.717, 1.165) is 6.20 Å². The van der Waals surface area contributed by atoms with E-state index in [2.05, 4.69) is 15.6 Å². The van der Waals surface area contributed by atoms with Gasteiger partial charge in [0.05, 0.1) is 11.6 Å². The minimum atomic E-state index is -1.10. The number of hydrogen-bond donors (Lipinski definition) is 3. The molecule has 2 amide bonds. The second-order valence-corrected chi connectivity index (χ2v) is 3.92. The van der Waals surface area contributed by atoms with Crippen LogP contribution in [-0.4, -0.2) is 40.5 Å². The van der Waals surface area contributed by atoms with Crippen molar-refractivity contribution < 1.29 is 19.5 Å². The molecule has 0 spiro atoms. The van der Waals surface area contributed by atoms with Gasteiger partial charge >= 0.3 is 5.97 Å². The molecule has 7 nitrogen and oxygen atoms in total. The second-order valence-electron chi connectivity index (χ2n) is 3.92. The number of amides is 2. The summed E-state index contributed by atoms with van der Waals surface area (Å²) in [5.74, 6) is -1.62. The van der Waals surface area contributed by atoms with Crippen LogP contribution in [0, 0.1) is 0 Å². The molecular weight excluding hydrogens is 238 g/mol. The first-order valence-electron chi connectivity index (χ1n) is 5.33. The minimum absolute atomic E-state index is 0.0178. The van der Waals surface area contributed by atoms with Gasteiger partial charge in [-0.1, -0.05) is 0 Å². The van der Waals surface area contributed by atoms with Crippen molar-refractivity contribution in [3.05, 3.63) is 29.6 Å². The summed E-state index contributed by atoms with van der Waals surface area (Å²) in [6.45, 7) is 0.401. The number of aromatic nitrogens is 1. The molecule has 1 atom stereocenters. The zero-order valence-corrected chi connectivity index (χ0v) is 9.34. The molecule has 3 N–H and O–H groups in total. The van der Waals surface area contributed by atoms with E-state index < -0.39 is 11.9 Å². The van der Waals surface area contributed by atoms with Gasteiger partial charge in [-0.2, -0.15) is 0 Å². The maximum absolute atomic E-state index is 11.7. The third-order valence-electron chi connectivity index (χ3n) is 2.56. The zero-order chi connectivity index (χ0) is 13.1. The van der Waals surface area contributed by atoms with E-state index in [4.69, 9.17) is 5.11 Å². The molecule has 1 aromatic heterocycles. The van der Waals surface area contributed by atoms with Gasteiger partial charge in [0, 0.05) is 19.2 Å². The number of pyridine rings is 1. The van der Waals surface area contributed by atoms with E-state index in [0.29, 0.717) is 6.54 Å². The van der Waals surface area contributed by atoms with Crippen LogP contribution >= 0.6 is 0 Å². The maximum atomic E-state index is 11.7. The zero-order valence-electron chi connectivity index (χ0n) is 9.34. The predicted octanol–water partition coefficient (Wildman–Crippen LogP) is -0.602. The lowest BCUT2D eigenvalue weighted by Gasteiger charge is -2.09. The highest BCUT2D eigenvalue weighted by Crippen LogP contribution is 2.03. The smallest absolute Gasteiger partial charge is 0.337 e. The largest absolute Gasteiger partial charge is 0.478 e. The maximum Gasteiger partial charge on any atom is 0.337 e. The van der Waals surface area contributed by atoms with Crippen molar-refractivity contribution in [2.24, 2.45) is 0 Å². The average molecular weight is 249 g/mol. The van der Waals surface area contributed by atoms with Crippen molar-refractivity contribution in [1.29, 1.82) is 0 Å². The molecule has 1 aliphatic rings. The molecule has 0 aromatic carbocycles. The van der Waals surface area contributed by atoms with Crippen LogP contribution < -0.4 is 10.6 Å². The second kappa shape index (κ2) is 4.82. The Hall–Kier alpha value is -2.44. The summed E-state index contributed by atoms with van der Waals surface area (Å²) in [4.78, 5) is 37.0. The standard InChI is InChI=1S/C11H11N3O4/c15-9-3-7(5-13-9)14-10(16)8-2-1-6(4-12-8)11(17)18/h1-2,4,7H,3,5H2,(H,13,15)(H,14,16)(H,17,18). The van der Waals surface area contributed by atoms with E-state index in [1.54, 1.807) is 0 Å². The van der Waals surface area contributed by atoms with E-state index in [1.165, 1.54) is 12.1 Å². The van der Waals surface area contributed by atoms with Crippen LogP contribution in [0.15, 0.2) is 18.3 Å². The molecule has 0 aliphatic carbocycles. The molecule has 1 saturated heterocycles. The molecule has 7 heteroatoms. The van der Waals surface area contributed by atoms with Crippen LogP contribution in [-0.2, 0) is 4.79 Å². The molecule has 1 fully saturated rings. The van der Waals surface area contributed by atoms with Crippen LogP contribution in [0.5, 0.6) is 0 Å². The molecular formula is C11H11N3O4. The molecule has 1 aromatic rings. The molecule has 18 heavy (non-hydrogen) atoms. The Kier molecular flexibility index (Phi) is 3.22. The monoisotopic (exact) mass is 249 g/mol. The van der Waals surface area contributed by atoms with Gasteiger partial charge in [0.1, 0.15) is 5.69 Å². The Morgan fingerprint density at radius 3 is 2.72 bits per heavy atom. The first kappa shape index (κ1) is 12.0. The Bertz CT molecular complexity index is 498. The number of nitrogens with zero attached hydrogens (tertiary/aromatic N) is 1. The fourth-order valence-corrected chi connectivity index (χ4v) is 1.62. The quantitative estimate of drug-likeness (QED) is 0.662. The molecule has 0 bridgehead atoms. The van der Waals surface area contributed by atoms with Crippen molar-refractivity contribution in [3.8, 4) is 0 Å². The molecule has 1 unspecified atom stereocenters. The van der Waals surface area contributed by atoms with Gasteiger partial charge in [0.15, 0.2) is 0 Å². The van der Waals surface area contributed by atoms with Crippen LogP contribution in [0.4, 0.5) is 0 Å². The summed E-state index contributed by atoms with van der Waals surface area (Å²) < 4.78 is 0. The number of hydrogen-bond acceptors (Lipinski definition) is 4. The summed E-state index contributed by atoms with van der Waals surface area (Å²) in [5, 5.41) is 13.9. The number of nitrogens with one attached hydrogen (secondary N) is 2. The van der Waals surface area contributed by atoms with E-state index in [1.807, 2.05) is 0 Å². The molecule has 2 rings (SSSR count). The summed E-state index contributed by atoms with van der Waals surface area (Å²) in [6.07, 6.45) is 1.37. The van der Waals surface area contributed by atoms with Crippen LogP contribution in [0.2, 0.25) is 0 Å². The predicted molar refractivity (Wildman–Crippen MR) is 60.1 cm³/mol. The lowest BCUT2D eigenvalue weighted by molar-refractivity contribution is -0.119. The van der Waals surface area contributed by atoms with Crippen LogP contribution in [0.1, 0.15) is 27.3 Å². The van der Waals surface area contributed by atoms with Gasteiger partial charge in [0.25, 0.3) is 5.91 Å². The fourth-order valence-electron chi connectivity index (χ4n) is 1.62. The SMILES string of the molecule is O=C1CC(NC(=O)c2ccc(C(=O)O)cn2)CN1. The normalized spacial score (nSPS) is 18.2. The minimum Gasteiger partial charge on any atom is -0.478 e. The topological polar surface area (TPSA) is 108 Å². The number of carbonyl (C=O) groups excluding carboxylic acids is 2. The third-order valence-corrected chi connectivity index (χ3v) is 2.56. The van der Waals surface area contributed by atoms with Gasteiger partial charge < -0.3 is 15.7 Å². The Morgan fingerprint density at radius 1 is 1.44 bits per heavy atom. The van der Waals surface area contributed by atoms with Crippen molar-refractivity contribution in [2.45, 2.75) is 12.5 Å². The summed E-state index contributed by atoms with van der Waals surface area (Å²) in [6, 6.07) is 2.40. The van der Waals surface area contributed by atoms with Gasteiger partial charge in [-0.15, -0.1) is 0 Å². The number of carboxylic acid groups (broad SMARTS) is 1. The molecule has 94 valence electrons. The van der Waals surface area contributed by atoms with Crippen LogP contribution in [0.25, 0.3) is 0 Å². The van der Waals surface area contributed by atoms with Gasteiger partial charge in [-0.3, -0.25) is 14.6 Å². The van der Waals surface area contributed by atoms with Gasteiger partial charge in [-0.05, 0) is 12.1 Å². The lowest BCUT2D eigenvalue weighted by atomic mass is 10.2. The number of rotatable bonds is 3. The Labute approximate surface area is 102 Å². The van der Waals surface area contributed by atoms with Crippen molar-refractivity contribution >= 4 is 17.8 Å². The summed E-state index contributed by atoms with van der Waals surface area (Å²) in [7, 11) is 0.